The Balaban J connectivity index is 2.63. The molecule has 0 saturated heterocycles. The van der Waals surface area contributed by atoms with Crippen molar-refractivity contribution in [2.24, 2.45) is 11.7 Å². The maximum Gasteiger partial charge on any atom is 0.418 e. The molecule has 4 nitrogen and oxygen atoms in total. The van der Waals surface area contributed by atoms with Gasteiger partial charge in [-0.05, 0) is 31.0 Å². The van der Waals surface area contributed by atoms with Gasteiger partial charge in [-0.1, -0.05) is 19.1 Å². The molecule has 20 heavy (non-hydrogen) atoms. The van der Waals surface area contributed by atoms with Crippen molar-refractivity contribution in [3.05, 3.63) is 29.8 Å². The summed E-state index contributed by atoms with van der Waals surface area (Å²) in [5, 5.41) is 4.73. The number of carbonyl (C=O) groups excluding carboxylic acids is 1. The van der Waals surface area contributed by atoms with Crippen LogP contribution in [0.2, 0.25) is 0 Å². The number of rotatable bonds is 5. The van der Waals surface area contributed by atoms with Gasteiger partial charge in [0.1, 0.15) is 0 Å². The van der Waals surface area contributed by atoms with E-state index in [0.29, 0.717) is 13.1 Å². The number of amides is 2. The molecule has 1 rings (SSSR count). The third-order valence-electron chi connectivity index (χ3n) is 2.75. The minimum atomic E-state index is -4.50. The highest BCUT2D eigenvalue weighted by Gasteiger charge is 2.33. The monoisotopic (exact) mass is 289 g/mol. The molecule has 112 valence electrons. The Labute approximate surface area is 115 Å². The van der Waals surface area contributed by atoms with Gasteiger partial charge in [0.2, 0.25) is 0 Å². The van der Waals surface area contributed by atoms with E-state index in [1.54, 1.807) is 0 Å². The Hall–Kier alpha value is -1.76. The Morgan fingerprint density at radius 2 is 2.00 bits per heavy atom. The quantitative estimate of drug-likeness (QED) is 0.780. The number of halogens is 3. The van der Waals surface area contributed by atoms with E-state index in [0.717, 1.165) is 12.5 Å². The Bertz CT molecular complexity index is 449. The van der Waals surface area contributed by atoms with Gasteiger partial charge in [-0.25, -0.2) is 4.79 Å². The predicted molar refractivity (Wildman–Crippen MR) is 71.3 cm³/mol. The summed E-state index contributed by atoms with van der Waals surface area (Å²) in [6.45, 7) is 2.76. The van der Waals surface area contributed by atoms with Crippen molar-refractivity contribution in [2.75, 3.05) is 18.4 Å². The summed E-state index contributed by atoms with van der Waals surface area (Å²) < 4.78 is 38.2. The van der Waals surface area contributed by atoms with Crippen molar-refractivity contribution >= 4 is 11.7 Å². The average molecular weight is 289 g/mol. The number of hydrogen-bond donors (Lipinski definition) is 3. The standard InChI is InChI=1S/C13H18F3N3O/c1-9(6-7-17)8-18-12(20)19-11-5-3-2-4-10(11)13(14,15)16/h2-5,9H,6-8,17H2,1H3,(H2,18,19,20). The van der Waals surface area contributed by atoms with Gasteiger partial charge in [0.15, 0.2) is 0 Å². The van der Waals surface area contributed by atoms with Crippen molar-refractivity contribution in [1.82, 2.24) is 5.32 Å². The summed E-state index contributed by atoms with van der Waals surface area (Å²) >= 11 is 0. The summed E-state index contributed by atoms with van der Waals surface area (Å²) in [6.07, 6.45) is -3.77. The Kier molecular flexibility index (Phi) is 5.82. The highest BCUT2D eigenvalue weighted by Crippen LogP contribution is 2.34. The van der Waals surface area contributed by atoms with E-state index >= 15 is 0 Å². The number of nitrogens with two attached hydrogens (primary N) is 1. The van der Waals surface area contributed by atoms with Crippen LogP contribution in [0.3, 0.4) is 0 Å². The van der Waals surface area contributed by atoms with Crippen LogP contribution in [0.25, 0.3) is 0 Å². The van der Waals surface area contributed by atoms with Crippen LogP contribution in [0.4, 0.5) is 23.7 Å². The van der Waals surface area contributed by atoms with E-state index in [9.17, 15) is 18.0 Å². The Morgan fingerprint density at radius 3 is 2.60 bits per heavy atom. The number of hydrogen-bond acceptors (Lipinski definition) is 2. The maximum absolute atomic E-state index is 12.7. The molecule has 0 bridgehead atoms. The smallest absolute Gasteiger partial charge is 0.338 e. The molecule has 0 fully saturated rings. The third-order valence-corrected chi connectivity index (χ3v) is 2.75. The van der Waals surface area contributed by atoms with Crippen LogP contribution in [0.15, 0.2) is 24.3 Å². The van der Waals surface area contributed by atoms with Gasteiger partial charge >= 0.3 is 12.2 Å². The van der Waals surface area contributed by atoms with Crippen molar-refractivity contribution in [3.8, 4) is 0 Å². The molecule has 1 atom stereocenters. The summed E-state index contributed by atoms with van der Waals surface area (Å²) in [6, 6.07) is 4.18. The molecule has 1 aromatic carbocycles. The molecule has 7 heteroatoms. The normalized spacial score (nSPS) is 12.8. The van der Waals surface area contributed by atoms with Crippen molar-refractivity contribution < 1.29 is 18.0 Å². The predicted octanol–water partition coefficient (Wildman–Crippen LogP) is 2.81. The zero-order valence-corrected chi connectivity index (χ0v) is 11.1. The van der Waals surface area contributed by atoms with Gasteiger partial charge in [-0.3, -0.25) is 0 Å². The number of alkyl halides is 3. The first-order chi connectivity index (χ1) is 9.34. The van der Waals surface area contributed by atoms with Crippen LogP contribution >= 0.6 is 0 Å². The number of benzene rings is 1. The highest BCUT2D eigenvalue weighted by atomic mass is 19.4. The lowest BCUT2D eigenvalue weighted by atomic mass is 10.1. The van der Waals surface area contributed by atoms with Gasteiger partial charge in [-0.15, -0.1) is 0 Å². The van der Waals surface area contributed by atoms with Gasteiger partial charge < -0.3 is 16.4 Å². The van der Waals surface area contributed by atoms with Gasteiger partial charge in [-0.2, -0.15) is 13.2 Å². The van der Waals surface area contributed by atoms with E-state index in [1.807, 2.05) is 6.92 Å². The topological polar surface area (TPSA) is 67.1 Å². The van der Waals surface area contributed by atoms with Gasteiger partial charge in [0.05, 0.1) is 11.3 Å². The average Bonchev–Trinajstić information content (AvgIpc) is 2.36. The van der Waals surface area contributed by atoms with Crippen LogP contribution < -0.4 is 16.4 Å². The molecular formula is C13H18F3N3O. The van der Waals surface area contributed by atoms with Crippen LogP contribution in [0.1, 0.15) is 18.9 Å². The first-order valence-corrected chi connectivity index (χ1v) is 6.25. The summed E-state index contributed by atoms with van der Waals surface area (Å²) in [7, 11) is 0. The third kappa shape index (κ3) is 5.08. The van der Waals surface area contributed by atoms with Gasteiger partial charge in [0.25, 0.3) is 0 Å². The minimum absolute atomic E-state index is 0.170. The second-order valence-corrected chi connectivity index (χ2v) is 4.56. The lowest BCUT2D eigenvalue weighted by molar-refractivity contribution is -0.136. The number of para-hydroxylation sites is 1. The zero-order valence-electron chi connectivity index (χ0n) is 11.1. The van der Waals surface area contributed by atoms with Crippen LogP contribution in [-0.4, -0.2) is 19.1 Å². The lowest BCUT2D eigenvalue weighted by Crippen LogP contribution is -2.33. The van der Waals surface area contributed by atoms with E-state index in [4.69, 9.17) is 5.73 Å². The molecule has 1 aromatic rings. The maximum atomic E-state index is 12.7. The molecule has 0 radical (unpaired) electrons. The molecule has 1 unspecified atom stereocenters. The fourth-order valence-electron chi connectivity index (χ4n) is 1.66. The number of anilines is 1. The Morgan fingerprint density at radius 1 is 1.35 bits per heavy atom. The SMILES string of the molecule is CC(CCN)CNC(=O)Nc1ccccc1C(F)(F)F. The number of urea groups is 1. The number of carbonyl (C=O) groups is 1. The van der Waals surface area contributed by atoms with Crippen LogP contribution in [0, 0.1) is 5.92 Å². The van der Waals surface area contributed by atoms with E-state index in [2.05, 4.69) is 10.6 Å². The highest BCUT2D eigenvalue weighted by molar-refractivity contribution is 5.90. The molecule has 0 spiro atoms. The molecule has 0 aliphatic heterocycles. The van der Waals surface area contributed by atoms with E-state index in [1.165, 1.54) is 18.2 Å². The molecule has 0 saturated carbocycles. The van der Waals surface area contributed by atoms with E-state index in [-0.39, 0.29) is 11.6 Å². The summed E-state index contributed by atoms with van der Waals surface area (Å²) in [5.41, 5.74) is 4.24. The molecule has 0 aromatic heterocycles. The van der Waals surface area contributed by atoms with Crippen molar-refractivity contribution in [2.45, 2.75) is 19.5 Å². The van der Waals surface area contributed by atoms with Crippen molar-refractivity contribution in [3.63, 3.8) is 0 Å². The fraction of sp³-hybridized carbons (Fsp3) is 0.462. The molecule has 2 amide bonds. The first-order valence-electron chi connectivity index (χ1n) is 6.25. The molecular weight excluding hydrogens is 271 g/mol. The van der Waals surface area contributed by atoms with Crippen LogP contribution in [-0.2, 0) is 6.18 Å². The summed E-state index contributed by atoms with van der Waals surface area (Å²) in [4.78, 5) is 11.6. The van der Waals surface area contributed by atoms with Crippen molar-refractivity contribution in [1.29, 1.82) is 0 Å². The minimum Gasteiger partial charge on any atom is -0.338 e. The largest absolute Gasteiger partial charge is 0.418 e. The van der Waals surface area contributed by atoms with E-state index < -0.39 is 17.8 Å². The lowest BCUT2D eigenvalue weighted by Gasteiger charge is -2.15. The zero-order chi connectivity index (χ0) is 15.2. The molecule has 0 aliphatic rings. The first kappa shape index (κ1) is 16.3. The number of nitrogens with one attached hydrogen (secondary N) is 2. The fourth-order valence-corrected chi connectivity index (χ4v) is 1.66. The van der Waals surface area contributed by atoms with Gasteiger partial charge in [0, 0.05) is 6.54 Å². The summed E-state index contributed by atoms with van der Waals surface area (Å²) in [5.74, 6) is 0.170. The second-order valence-electron chi connectivity index (χ2n) is 4.56. The second kappa shape index (κ2) is 7.14. The molecule has 0 heterocycles. The molecule has 0 aliphatic carbocycles. The van der Waals surface area contributed by atoms with Crippen LogP contribution in [0.5, 0.6) is 0 Å². The molecule has 4 N–H and O–H groups in total.